The fraction of sp³-hybridized carbons (Fsp3) is 0.115. The Hall–Kier alpha value is -6.98. The van der Waals surface area contributed by atoms with Crippen LogP contribution in [0.1, 0.15) is 58.5 Å². The predicted molar refractivity (Wildman–Crippen MR) is 233 cm³/mol. The van der Waals surface area contributed by atoms with Gasteiger partial charge in [0.25, 0.3) is 0 Å². The third kappa shape index (κ3) is 4.23. The number of fused-ring (bicyclic) bond motifs is 14. The summed E-state index contributed by atoms with van der Waals surface area (Å²) in [5.74, 6) is 1.30. The number of nitrogens with zero attached hydrogens (tertiary/aromatic N) is 4. The molecule has 0 saturated heterocycles. The Kier molecular flexibility index (Phi) is 6.80. The Morgan fingerprint density at radius 2 is 1.40 bits per heavy atom. The van der Waals surface area contributed by atoms with Crippen molar-refractivity contribution >= 4 is 39.4 Å². The minimum atomic E-state index is -0.300. The molecule has 0 radical (unpaired) electrons. The van der Waals surface area contributed by atoms with Crippen LogP contribution in [0.3, 0.4) is 0 Å². The number of nitrogens with two attached hydrogens (primary N) is 1. The van der Waals surface area contributed by atoms with Gasteiger partial charge in [-0.2, -0.15) is 0 Å². The van der Waals surface area contributed by atoms with Crippen molar-refractivity contribution in [2.24, 2.45) is 5.92 Å². The van der Waals surface area contributed by atoms with E-state index in [4.69, 9.17) is 15.7 Å². The van der Waals surface area contributed by atoms with Crippen molar-refractivity contribution in [3.05, 3.63) is 209 Å². The molecular weight excluding hydrogens is 695 g/mol. The lowest BCUT2D eigenvalue weighted by Gasteiger charge is -2.37. The zero-order valence-corrected chi connectivity index (χ0v) is 31.6. The van der Waals surface area contributed by atoms with Gasteiger partial charge in [-0.05, 0) is 102 Å². The number of hydrogen-bond donors (Lipinski definition) is 1. The Morgan fingerprint density at radius 3 is 2.23 bits per heavy atom. The summed E-state index contributed by atoms with van der Waals surface area (Å²) in [6.45, 7) is 2.01. The summed E-state index contributed by atoms with van der Waals surface area (Å²) < 4.78 is 4.58. The third-order valence-corrected chi connectivity index (χ3v) is 13.2. The smallest absolute Gasteiger partial charge is 0.146 e. The van der Waals surface area contributed by atoms with Crippen molar-refractivity contribution in [1.82, 2.24) is 19.1 Å². The van der Waals surface area contributed by atoms with Gasteiger partial charge in [-0.3, -0.25) is 9.55 Å². The maximum atomic E-state index is 6.73. The summed E-state index contributed by atoms with van der Waals surface area (Å²) in [6, 6.07) is 44.4. The van der Waals surface area contributed by atoms with E-state index in [1.54, 1.807) is 0 Å². The molecule has 2 N–H and O–H groups in total. The Balaban J connectivity index is 0.999. The van der Waals surface area contributed by atoms with Gasteiger partial charge in [0.2, 0.25) is 0 Å². The molecule has 5 nitrogen and oxygen atoms in total. The monoisotopic (exact) mass is 733 g/mol. The number of aryl methyl sites for hydroxylation is 1. The Morgan fingerprint density at radius 1 is 0.702 bits per heavy atom. The number of pyridine rings is 2. The molecule has 3 unspecified atom stereocenters. The standard InChI is InChI=1S/C52H39N5/c1-2-11-40-41-15-9-31-55-51(41)57(50(40)53)35-26-22-33(23-27-35)32-20-24-34(25-21-32)56-46-19-8-5-14-38(46)39-28-29-45-47(48(39)56)42-16-10-30-54-49(42)52(45)43-17-6-3-12-36(43)37-13-4-7-18-44(37)52/h2-27,30-31,36,43H,28-29,53H2,1H3/b11-2-. The third-order valence-electron chi connectivity index (χ3n) is 13.2. The minimum absolute atomic E-state index is 0.283. The number of anilines is 1. The van der Waals surface area contributed by atoms with Crippen LogP contribution in [0.25, 0.3) is 56.1 Å². The molecule has 4 aromatic carbocycles. The molecule has 1 spiro atoms. The molecule has 12 rings (SSSR count). The van der Waals surface area contributed by atoms with Crippen LogP contribution in [0.15, 0.2) is 170 Å². The van der Waals surface area contributed by atoms with E-state index in [9.17, 15) is 0 Å². The van der Waals surface area contributed by atoms with Crippen LogP contribution in [-0.2, 0) is 11.8 Å². The first-order chi connectivity index (χ1) is 28.2. The number of rotatable bonds is 4. The van der Waals surface area contributed by atoms with Gasteiger partial charge in [0.1, 0.15) is 11.5 Å². The van der Waals surface area contributed by atoms with Crippen molar-refractivity contribution in [2.45, 2.75) is 31.1 Å². The van der Waals surface area contributed by atoms with Crippen LogP contribution >= 0.6 is 0 Å². The van der Waals surface area contributed by atoms with Gasteiger partial charge in [0.05, 0.1) is 22.3 Å². The summed E-state index contributed by atoms with van der Waals surface area (Å²) in [5, 5.41) is 2.38. The van der Waals surface area contributed by atoms with Crippen molar-refractivity contribution in [3.63, 3.8) is 0 Å². The van der Waals surface area contributed by atoms with Crippen molar-refractivity contribution in [2.75, 3.05) is 5.73 Å². The maximum Gasteiger partial charge on any atom is 0.146 e. The molecule has 4 aliphatic carbocycles. The number of benzene rings is 4. The molecule has 4 heterocycles. The van der Waals surface area contributed by atoms with Gasteiger partial charge in [0.15, 0.2) is 0 Å². The predicted octanol–water partition coefficient (Wildman–Crippen LogP) is 11.5. The number of aromatic nitrogens is 4. The highest BCUT2D eigenvalue weighted by molar-refractivity contribution is 6.01. The average molecular weight is 734 g/mol. The van der Waals surface area contributed by atoms with Crippen molar-refractivity contribution < 1.29 is 0 Å². The molecule has 3 atom stereocenters. The van der Waals surface area contributed by atoms with Crippen LogP contribution in [0.4, 0.5) is 5.82 Å². The SMILES string of the molecule is C/C=C\c1c(N)n(-c2ccc(-c3ccc(-n4c5c(c6ccccc64)CCC4=C5c5cccnc5C45c4ccccc4C4C=CC=CC45)cc3)cc2)c2ncccc12. The number of nitrogen functional groups attached to an aromatic ring is 1. The topological polar surface area (TPSA) is 61.7 Å². The van der Waals surface area contributed by atoms with E-state index in [0.29, 0.717) is 11.7 Å². The van der Waals surface area contributed by atoms with Gasteiger partial charge < -0.3 is 10.3 Å². The normalized spacial score (nSPS) is 20.1. The molecule has 57 heavy (non-hydrogen) atoms. The van der Waals surface area contributed by atoms with E-state index in [1.165, 1.54) is 55.7 Å². The molecule has 0 amide bonds. The maximum absolute atomic E-state index is 6.73. The summed E-state index contributed by atoms with van der Waals surface area (Å²) in [5.41, 5.74) is 25.0. The number of hydrogen-bond acceptors (Lipinski definition) is 3. The number of allylic oxidation sites excluding steroid dienone is 6. The molecule has 0 bridgehead atoms. The Bertz CT molecular complexity index is 3100. The van der Waals surface area contributed by atoms with Gasteiger partial charge in [-0.15, -0.1) is 0 Å². The summed E-state index contributed by atoms with van der Waals surface area (Å²) >= 11 is 0. The summed E-state index contributed by atoms with van der Waals surface area (Å²) in [4.78, 5) is 10.0. The molecule has 5 heteroatoms. The largest absolute Gasteiger partial charge is 0.384 e. The van der Waals surface area contributed by atoms with Crippen LogP contribution < -0.4 is 5.73 Å². The minimum Gasteiger partial charge on any atom is -0.384 e. The molecule has 272 valence electrons. The molecule has 8 aromatic rings. The second-order valence-electron chi connectivity index (χ2n) is 15.8. The summed E-state index contributed by atoms with van der Waals surface area (Å²) in [7, 11) is 0. The van der Waals surface area contributed by atoms with E-state index in [1.807, 2.05) is 36.0 Å². The van der Waals surface area contributed by atoms with E-state index < -0.39 is 0 Å². The molecular formula is C52H39N5. The Labute approximate surface area is 331 Å². The van der Waals surface area contributed by atoms with Gasteiger partial charge in [0, 0.05) is 63.1 Å². The van der Waals surface area contributed by atoms with Crippen molar-refractivity contribution in [3.8, 4) is 22.5 Å². The lowest BCUT2D eigenvalue weighted by molar-refractivity contribution is 0.434. The molecule has 4 aliphatic rings. The van der Waals surface area contributed by atoms with Crippen molar-refractivity contribution in [1.29, 1.82) is 0 Å². The molecule has 0 saturated carbocycles. The highest BCUT2D eigenvalue weighted by atomic mass is 15.1. The lowest BCUT2D eigenvalue weighted by atomic mass is 9.64. The van der Waals surface area contributed by atoms with Gasteiger partial charge in [-0.1, -0.05) is 109 Å². The van der Waals surface area contributed by atoms with Crippen LogP contribution in [-0.4, -0.2) is 19.1 Å². The van der Waals surface area contributed by atoms with E-state index >= 15 is 0 Å². The first-order valence-electron chi connectivity index (χ1n) is 20.0. The molecule has 4 aromatic heterocycles. The van der Waals surface area contributed by atoms with E-state index in [0.717, 1.165) is 51.9 Å². The fourth-order valence-corrected chi connectivity index (χ4v) is 11.0. The first kappa shape index (κ1) is 32.3. The van der Waals surface area contributed by atoms with Gasteiger partial charge in [-0.25, -0.2) is 4.98 Å². The zero-order valence-electron chi connectivity index (χ0n) is 31.6. The second-order valence-corrected chi connectivity index (χ2v) is 15.8. The van der Waals surface area contributed by atoms with Crippen LogP contribution in [0, 0.1) is 5.92 Å². The van der Waals surface area contributed by atoms with E-state index in [-0.39, 0.29) is 11.3 Å². The molecule has 0 aliphatic heterocycles. The van der Waals surface area contributed by atoms with Crippen LogP contribution in [0.5, 0.6) is 0 Å². The summed E-state index contributed by atoms with van der Waals surface area (Å²) in [6.07, 6.45) is 19.3. The average Bonchev–Trinajstić information content (AvgIpc) is 3.96. The lowest BCUT2D eigenvalue weighted by Crippen LogP contribution is -2.35. The zero-order chi connectivity index (χ0) is 37.8. The molecule has 0 fully saturated rings. The number of para-hydroxylation sites is 1. The fourth-order valence-electron chi connectivity index (χ4n) is 11.0. The quantitative estimate of drug-likeness (QED) is 0.196. The highest BCUT2D eigenvalue weighted by Gasteiger charge is 2.59. The van der Waals surface area contributed by atoms with Crippen LogP contribution in [0.2, 0.25) is 0 Å². The first-order valence-corrected chi connectivity index (χ1v) is 20.0. The van der Waals surface area contributed by atoms with E-state index in [2.05, 4.69) is 150 Å². The second kappa shape index (κ2) is 12.0. The van der Waals surface area contributed by atoms with Gasteiger partial charge >= 0.3 is 0 Å². The highest BCUT2D eigenvalue weighted by Crippen LogP contribution is 2.66.